The number of fused-ring (bicyclic) bond motifs is 1. The Morgan fingerprint density at radius 3 is 2.62 bits per heavy atom. The summed E-state index contributed by atoms with van der Waals surface area (Å²) in [5.41, 5.74) is -1.36. The minimum Gasteiger partial charge on any atom is -0.491 e. The number of aromatic nitrogens is 3. The summed E-state index contributed by atoms with van der Waals surface area (Å²) >= 11 is 0. The van der Waals surface area contributed by atoms with E-state index in [2.05, 4.69) is 25.2 Å². The van der Waals surface area contributed by atoms with Crippen molar-refractivity contribution in [2.75, 3.05) is 46.0 Å². The number of hydrogen-bond donors (Lipinski definition) is 3. The molecule has 5 rings (SSSR count). The number of alkyl carbamates (subject to hydrolysis) is 1. The van der Waals surface area contributed by atoms with Crippen LogP contribution in [0.5, 0.6) is 5.75 Å². The Hall–Kier alpha value is -3.94. The van der Waals surface area contributed by atoms with Crippen LogP contribution in [0, 0.1) is 0 Å². The van der Waals surface area contributed by atoms with E-state index >= 15 is 0 Å². The summed E-state index contributed by atoms with van der Waals surface area (Å²) in [5.74, 6) is 0.544. The number of halogens is 3. The van der Waals surface area contributed by atoms with Gasteiger partial charge in [-0.3, -0.25) is 9.88 Å². The predicted molar refractivity (Wildman–Crippen MR) is 161 cm³/mol. The fourth-order valence-electron chi connectivity index (χ4n) is 5.28. The summed E-state index contributed by atoms with van der Waals surface area (Å²) in [5, 5.41) is 14.4. The van der Waals surface area contributed by atoms with Gasteiger partial charge >= 0.3 is 12.3 Å². The van der Waals surface area contributed by atoms with Gasteiger partial charge in [0.05, 0.1) is 25.1 Å². The Morgan fingerprint density at radius 2 is 1.98 bits per heavy atom. The van der Waals surface area contributed by atoms with E-state index in [9.17, 15) is 23.1 Å². The van der Waals surface area contributed by atoms with E-state index in [0.29, 0.717) is 53.3 Å². The molecule has 13 heteroatoms. The zero-order valence-electron chi connectivity index (χ0n) is 25.5. The normalized spacial score (nSPS) is 20.1. The number of alkyl halides is 3. The minimum absolute atomic E-state index is 0.0258. The lowest BCUT2D eigenvalue weighted by Crippen LogP contribution is -2.42. The minimum atomic E-state index is -4.64. The summed E-state index contributed by atoms with van der Waals surface area (Å²) in [6.45, 7) is 9.52. The number of carbonyl (C=O) groups excluding carboxylic acids is 1. The molecule has 2 unspecified atom stereocenters. The molecule has 0 radical (unpaired) electrons. The molecule has 0 bridgehead atoms. The number of carbonyl (C=O) groups is 1. The lowest BCUT2D eigenvalue weighted by atomic mass is 9.76. The predicted octanol–water partition coefficient (Wildman–Crippen LogP) is 4.96. The topological polar surface area (TPSA) is 122 Å². The third-order valence-electron chi connectivity index (χ3n) is 7.78. The summed E-state index contributed by atoms with van der Waals surface area (Å²) in [7, 11) is 0. The maximum atomic E-state index is 14.5. The monoisotopic (exact) mass is 629 g/mol. The van der Waals surface area contributed by atoms with Gasteiger partial charge in [0.1, 0.15) is 35.1 Å². The summed E-state index contributed by atoms with van der Waals surface area (Å²) in [6, 6.07) is 4.53. The van der Waals surface area contributed by atoms with E-state index in [1.807, 2.05) is 0 Å². The molecule has 1 saturated heterocycles. The number of aromatic amines is 1. The Labute approximate surface area is 259 Å². The zero-order valence-corrected chi connectivity index (χ0v) is 25.5. The maximum Gasteiger partial charge on any atom is 0.407 e. The molecular formula is C32H38F3N5O5. The van der Waals surface area contributed by atoms with Gasteiger partial charge in [0.25, 0.3) is 0 Å². The van der Waals surface area contributed by atoms with Crippen molar-refractivity contribution < 1.29 is 37.3 Å². The number of rotatable bonds is 9. The molecule has 10 nitrogen and oxygen atoms in total. The van der Waals surface area contributed by atoms with Crippen LogP contribution in [0.15, 0.2) is 60.6 Å². The number of H-pyrrole nitrogens is 1. The molecule has 2 atom stereocenters. The number of pyridine rings is 2. The molecular weight excluding hydrogens is 591 g/mol. The number of hydrogen-bond acceptors (Lipinski definition) is 8. The summed E-state index contributed by atoms with van der Waals surface area (Å²) < 4.78 is 60.0. The van der Waals surface area contributed by atoms with Crippen molar-refractivity contribution in [3.8, 4) is 5.75 Å². The molecule has 1 aliphatic heterocycles. The first kappa shape index (κ1) is 32.5. The highest BCUT2D eigenvalue weighted by atomic mass is 19.4. The van der Waals surface area contributed by atoms with Gasteiger partial charge in [-0.25, -0.2) is 9.78 Å². The molecule has 3 aromatic heterocycles. The molecule has 0 aromatic carbocycles. The van der Waals surface area contributed by atoms with Crippen LogP contribution in [-0.4, -0.2) is 88.8 Å². The number of ether oxygens (including phenoxy) is 3. The Bertz CT molecular complexity index is 1540. The summed E-state index contributed by atoms with van der Waals surface area (Å²) in [4.78, 5) is 25.8. The van der Waals surface area contributed by atoms with Crippen LogP contribution in [0.4, 0.5) is 18.0 Å². The first-order valence-electron chi connectivity index (χ1n) is 14.8. The van der Waals surface area contributed by atoms with Crippen LogP contribution in [0.25, 0.3) is 11.0 Å². The van der Waals surface area contributed by atoms with Gasteiger partial charge < -0.3 is 29.6 Å². The summed E-state index contributed by atoms with van der Waals surface area (Å²) in [6.07, 6.45) is 1.49. The highest BCUT2D eigenvalue weighted by Gasteiger charge is 2.55. The fourth-order valence-corrected chi connectivity index (χ4v) is 5.28. The van der Waals surface area contributed by atoms with Crippen LogP contribution in [0.3, 0.4) is 0 Å². The van der Waals surface area contributed by atoms with Crippen molar-refractivity contribution in [2.45, 2.75) is 50.5 Å². The van der Waals surface area contributed by atoms with E-state index in [4.69, 9.17) is 14.2 Å². The molecule has 2 aliphatic rings. The van der Waals surface area contributed by atoms with Crippen molar-refractivity contribution in [3.05, 3.63) is 77.4 Å². The van der Waals surface area contributed by atoms with E-state index in [1.165, 1.54) is 30.5 Å². The van der Waals surface area contributed by atoms with E-state index in [1.54, 1.807) is 39.2 Å². The second-order valence-electron chi connectivity index (χ2n) is 12.1. The van der Waals surface area contributed by atoms with Crippen LogP contribution in [0.1, 0.15) is 50.1 Å². The van der Waals surface area contributed by atoms with Gasteiger partial charge in [-0.1, -0.05) is 24.3 Å². The smallest absolute Gasteiger partial charge is 0.407 e. The molecule has 1 amide bonds. The first-order valence-corrected chi connectivity index (χ1v) is 14.8. The van der Waals surface area contributed by atoms with Gasteiger partial charge in [-0.05, 0) is 44.9 Å². The van der Waals surface area contributed by atoms with Crippen LogP contribution < -0.4 is 10.1 Å². The number of allylic oxidation sites excluding steroid dienone is 2. The standard InChI is InChI=1S/C32H38F3N5O5/c1-30(2,3)45-29(42)39-17-21-6-8-31(9-7-21,32(33,34)35)26-5-4-22(18-36-26)27(41)25-20-38-28-24(25)16-23(19-37-28)44-15-12-40-10-13-43-14-11-40/h4-8,16,18-20,27,41H,9-15,17H2,1-3H3,(H,37,38)(H,39,42). The lowest BCUT2D eigenvalue weighted by molar-refractivity contribution is -0.176. The van der Waals surface area contributed by atoms with Crippen molar-refractivity contribution in [1.29, 1.82) is 0 Å². The highest BCUT2D eigenvalue weighted by molar-refractivity contribution is 5.81. The molecule has 3 N–H and O–H groups in total. The largest absolute Gasteiger partial charge is 0.491 e. The molecule has 242 valence electrons. The highest BCUT2D eigenvalue weighted by Crippen LogP contribution is 2.47. The number of nitrogens with one attached hydrogen (secondary N) is 2. The number of amides is 1. The Balaban J connectivity index is 1.27. The molecule has 0 spiro atoms. The van der Waals surface area contributed by atoms with Gasteiger partial charge in [0.2, 0.25) is 0 Å². The SMILES string of the molecule is CC(C)(C)OC(=O)NCC1=CCC(c2ccc(C(O)c3c[nH]c4ncc(OCCN5CCOCC5)cc34)cn2)(C(F)(F)F)C=C1. The molecule has 1 fully saturated rings. The molecule has 45 heavy (non-hydrogen) atoms. The molecule has 4 heterocycles. The average Bonchev–Trinajstić information content (AvgIpc) is 3.42. The fraction of sp³-hybridized carbons (Fsp3) is 0.469. The van der Waals surface area contributed by atoms with E-state index < -0.39 is 35.8 Å². The number of nitrogens with zero attached hydrogens (tertiary/aromatic N) is 3. The van der Waals surface area contributed by atoms with Crippen molar-refractivity contribution in [3.63, 3.8) is 0 Å². The van der Waals surface area contributed by atoms with Gasteiger partial charge in [-0.15, -0.1) is 0 Å². The van der Waals surface area contributed by atoms with Crippen molar-refractivity contribution in [2.24, 2.45) is 0 Å². The molecule has 3 aromatic rings. The van der Waals surface area contributed by atoms with Gasteiger partial charge in [-0.2, -0.15) is 13.2 Å². The lowest BCUT2D eigenvalue weighted by Gasteiger charge is -2.34. The van der Waals surface area contributed by atoms with E-state index in [-0.39, 0.29) is 12.2 Å². The number of aliphatic hydroxyl groups is 1. The van der Waals surface area contributed by atoms with Crippen LogP contribution >= 0.6 is 0 Å². The van der Waals surface area contributed by atoms with Crippen molar-refractivity contribution >= 4 is 17.1 Å². The third kappa shape index (κ3) is 7.66. The number of morpholine rings is 1. The van der Waals surface area contributed by atoms with Crippen LogP contribution in [0.2, 0.25) is 0 Å². The Kier molecular flexibility index (Phi) is 9.52. The average molecular weight is 630 g/mol. The quantitative estimate of drug-likeness (QED) is 0.304. The van der Waals surface area contributed by atoms with Gasteiger partial charge in [0.15, 0.2) is 0 Å². The first-order chi connectivity index (χ1) is 21.3. The second-order valence-corrected chi connectivity index (χ2v) is 12.1. The maximum absolute atomic E-state index is 14.5. The Morgan fingerprint density at radius 1 is 1.20 bits per heavy atom. The molecule has 1 aliphatic carbocycles. The van der Waals surface area contributed by atoms with Crippen molar-refractivity contribution in [1.82, 2.24) is 25.2 Å². The third-order valence-corrected chi connectivity index (χ3v) is 7.78. The van der Waals surface area contributed by atoms with Crippen LogP contribution in [-0.2, 0) is 14.9 Å². The van der Waals surface area contributed by atoms with Gasteiger partial charge in [0, 0.05) is 55.1 Å². The van der Waals surface area contributed by atoms with E-state index in [0.717, 1.165) is 25.7 Å². The molecule has 0 saturated carbocycles. The zero-order chi connectivity index (χ0) is 32.2. The second kappa shape index (κ2) is 13.2. The number of aliphatic hydroxyl groups excluding tert-OH is 1.